The fourth-order valence-electron chi connectivity index (χ4n) is 2.21. The van der Waals surface area contributed by atoms with E-state index >= 15 is 0 Å². The highest BCUT2D eigenvalue weighted by atomic mass is 32.2. The number of nitrogens with zero attached hydrogens (tertiary/aromatic N) is 3. The first kappa shape index (κ1) is 15.2. The Balaban J connectivity index is 2.12. The molecule has 0 radical (unpaired) electrons. The summed E-state index contributed by atoms with van der Waals surface area (Å²) in [5.74, 6) is 0.474. The van der Waals surface area contributed by atoms with Gasteiger partial charge in [-0.05, 0) is 19.3 Å². The summed E-state index contributed by atoms with van der Waals surface area (Å²) in [4.78, 5) is 8.33. The van der Waals surface area contributed by atoms with Crippen molar-refractivity contribution in [3.05, 3.63) is 12.4 Å². The van der Waals surface area contributed by atoms with Crippen molar-refractivity contribution in [2.24, 2.45) is 0 Å². The van der Waals surface area contributed by atoms with Crippen LogP contribution in [0.25, 0.3) is 0 Å². The number of rotatable bonds is 5. The van der Waals surface area contributed by atoms with E-state index in [2.05, 4.69) is 15.3 Å². The lowest BCUT2D eigenvalue weighted by atomic mass is 10.2. The molecule has 0 saturated carbocycles. The summed E-state index contributed by atoms with van der Waals surface area (Å²) in [5.41, 5.74) is 0. The van der Waals surface area contributed by atoms with Crippen LogP contribution in [0.15, 0.2) is 17.3 Å². The van der Waals surface area contributed by atoms with Crippen LogP contribution in [-0.2, 0) is 10.0 Å². The SMILES string of the molecule is CCCNc1ncc(S(=O)(=O)N2CCCCCC2)cn1. The van der Waals surface area contributed by atoms with Crippen molar-refractivity contribution < 1.29 is 8.42 Å². The molecule has 0 bridgehead atoms. The van der Waals surface area contributed by atoms with Crippen LogP contribution in [0.1, 0.15) is 39.0 Å². The molecule has 1 aliphatic rings. The smallest absolute Gasteiger partial charge is 0.246 e. The lowest BCUT2D eigenvalue weighted by Gasteiger charge is -2.19. The topological polar surface area (TPSA) is 75.2 Å². The van der Waals surface area contributed by atoms with Gasteiger partial charge in [-0.25, -0.2) is 18.4 Å². The van der Waals surface area contributed by atoms with Crippen molar-refractivity contribution in [2.45, 2.75) is 43.9 Å². The quantitative estimate of drug-likeness (QED) is 0.898. The average molecular weight is 298 g/mol. The first-order valence-electron chi connectivity index (χ1n) is 7.20. The van der Waals surface area contributed by atoms with Gasteiger partial charge >= 0.3 is 0 Å². The van der Waals surface area contributed by atoms with E-state index < -0.39 is 10.0 Å². The molecule has 1 aromatic rings. The summed E-state index contributed by atoms with van der Waals surface area (Å²) in [5, 5.41) is 3.03. The zero-order valence-corrected chi connectivity index (χ0v) is 12.7. The number of sulfonamides is 1. The third kappa shape index (κ3) is 3.67. The first-order chi connectivity index (χ1) is 9.64. The minimum absolute atomic E-state index is 0.182. The van der Waals surface area contributed by atoms with E-state index in [-0.39, 0.29) is 4.90 Å². The van der Waals surface area contributed by atoms with Gasteiger partial charge in [0.15, 0.2) is 0 Å². The molecule has 1 aromatic heterocycles. The molecule has 0 aromatic carbocycles. The van der Waals surface area contributed by atoms with E-state index in [4.69, 9.17) is 0 Å². The summed E-state index contributed by atoms with van der Waals surface area (Å²) in [6.07, 6.45) is 7.81. The first-order valence-corrected chi connectivity index (χ1v) is 8.64. The van der Waals surface area contributed by atoms with Gasteiger partial charge in [-0.1, -0.05) is 19.8 Å². The maximum atomic E-state index is 12.5. The predicted octanol–water partition coefficient (Wildman–Crippen LogP) is 1.86. The van der Waals surface area contributed by atoms with Crippen molar-refractivity contribution >= 4 is 16.0 Å². The molecule has 1 fully saturated rings. The van der Waals surface area contributed by atoms with Gasteiger partial charge in [-0.2, -0.15) is 4.31 Å². The molecule has 1 saturated heterocycles. The standard InChI is InChI=1S/C13H22N4O2S/c1-2-7-14-13-15-10-12(11-16-13)20(18,19)17-8-5-3-4-6-9-17/h10-11H,2-9H2,1H3,(H,14,15,16). The van der Waals surface area contributed by atoms with Crippen LogP contribution in [0.3, 0.4) is 0 Å². The van der Waals surface area contributed by atoms with Crippen molar-refractivity contribution in [3.8, 4) is 0 Å². The van der Waals surface area contributed by atoms with E-state index in [1.807, 2.05) is 6.92 Å². The number of aromatic nitrogens is 2. The van der Waals surface area contributed by atoms with Crippen molar-refractivity contribution in [2.75, 3.05) is 25.0 Å². The van der Waals surface area contributed by atoms with E-state index in [0.717, 1.165) is 38.6 Å². The molecule has 112 valence electrons. The van der Waals surface area contributed by atoms with Gasteiger partial charge in [0.05, 0.1) is 12.4 Å². The second-order valence-corrected chi connectivity index (χ2v) is 6.93. The molecular formula is C13H22N4O2S. The van der Waals surface area contributed by atoms with Crippen LogP contribution in [0.5, 0.6) is 0 Å². The van der Waals surface area contributed by atoms with Gasteiger partial charge in [0.2, 0.25) is 16.0 Å². The van der Waals surface area contributed by atoms with Gasteiger partial charge in [-0.15, -0.1) is 0 Å². The van der Waals surface area contributed by atoms with Crippen LogP contribution >= 0.6 is 0 Å². The van der Waals surface area contributed by atoms with Crippen molar-refractivity contribution in [1.82, 2.24) is 14.3 Å². The van der Waals surface area contributed by atoms with Crippen molar-refractivity contribution in [3.63, 3.8) is 0 Å². The molecule has 0 spiro atoms. The fourth-order valence-corrected chi connectivity index (χ4v) is 3.62. The number of anilines is 1. The Hall–Kier alpha value is -1.21. The van der Waals surface area contributed by atoms with Crippen LogP contribution in [-0.4, -0.2) is 42.3 Å². The Morgan fingerprint density at radius 1 is 1.15 bits per heavy atom. The highest BCUT2D eigenvalue weighted by Crippen LogP contribution is 2.19. The average Bonchev–Trinajstić information content (AvgIpc) is 2.75. The number of hydrogen-bond donors (Lipinski definition) is 1. The summed E-state index contributed by atoms with van der Waals surface area (Å²) in [6.45, 7) is 4.01. The largest absolute Gasteiger partial charge is 0.354 e. The minimum Gasteiger partial charge on any atom is -0.354 e. The lowest BCUT2D eigenvalue weighted by Crippen LogP contribution is -2.32. The van der Waals surface area contributed by atoms with Gasteiger partial charge in [0.25, 0.3) is 0 Å². The monoisotopic (exact) mass is 298 g/mol. The second kappa shape index (κ2) is 6.99. The third-order valence-electron chi connectivity index (χ3n) is 3.36. The van der Waals surface area contributed by atoms with Crippen molar-refractivity contribution in [1.29, 1.82) is 0 Å². The highest BCUT2D eigenvalue weighted by Gasteiger charge is 2.25. The maximum absolute atomic E-state index is 12.5. The molecule has 0 unspecified atom stereocenters. The molecule has 20 heavy (non-hydrogen) atoms. The van der Waals surface area contributed by atoms with E-state index in [9.17, 15) is 8.42 Å². The Bertz CT molecular complexity index is 508. The van der Waals surface area contributed by atoms with Gasteiger partial charge in [0, 0.05) is 19.6 Å². The van der Waals surface area contributed by atoms with E-state index in [1.54, 1.807) is 4.31 Å². The Morgan fingerprint density at radius 3 is 2.30 bits per heavy atom. The highest BCUT2D eigenvalue weighted by molar-refractivity contribution is 7.89. The zero-order chi connectivity index (χ0) is 14.4. The third-order valence-corrected chi connectivity index (χ3v) is 5.22. The predicted molar refractivity (Wildman–Crippen MR) is 78.0 cm³/mol. The van der Waals surface area contributed by atoms with Crippen LogP contribution in [0.2, 0.25) is 0 Å². The Morgan fingerprint density at radius 2 is 1.75 bits per heavy atom. The minimum atomic E-state index is -3.44. The summed E-state index contributed by atoms with van der Waals surface area (Å²) >= 11 is 0. The summed E-state index contributed by atoms with van der Waals surface area (Å²) in [6, 6.07) is 0. The zero-order valence-electron chi connectivity index (χ0n) is 11.9. The van der Waals surface area contributed by atoms with Crippen LogP contribution in [0, 0.1) is 0 Å². The molecule has 2 rings (SSSR count). The normalized spacial score (nSPS) is 17.6. The second-order valence-electron chi connectivity index (χ2n) is 4.99. The molecule has 0 aliphatic carbocycles. The van der Waals surface area contributed by atoms with Gasteiger partial charge in [0.1, 0.15) is 4.90 Å². The van der Waals surface area contributed by atoms with Gasteiger partial charge < -0.3 is 5.32 Å². The molecule has 2 heterocycles. The summed E-state index contributed by atoms with van der Waals surface area (Å²) in [7, 11) is -3.44. The Kier molecular flexibility index (Phi) is 5.31. The van der Waals surface area contributed by atoms with E-state index in [1.165, 1.54) is 12.4 Å². The Labute approximate surface area is 120 Å². The number of hydrogen-bond acceptors (Lipinski definition) is 5. The maximum Gasteiger partial charge on any atom is 0.246 e. The number of nitrogens with one attached hydrogen (secondary N) is 1. The molecule has 1 N–H and O–H groups in total. The molecule has 7 heteroatoms. The fraction of sp³-hybridized carbons (Fsp3) is 0.692. The van der Waals surface area contributed by atoms with Crippen LogP contribution < -0.4 is 5.32 Å². The lowest BCUT2D eigenvalue weighted by molar-refractivity contribution is 0.423. The molecule has 0 amide bonds. The molecule has 1 aliphatic heterocycles. The molecular weight excluding hydrogens is 276 g/mol. The van der Waals surface area contributed by atoms with Gasteiger partial charge in [-0.3, -0.25) is 0 Å². The van der Waals surface area contributed by atoms with Crippen LogP contribution in [0.4, 0.5) is 5.95 Å². The molecule has 6 nitrogen and oxygen atoms in total. The summed E-state index contributed by atoms with van der Waals surface area (Å²) < 4.78 is 26.5. The van der Waals surface area contributed by atoms with E-state index in [0.29, 0.717) is 19.0 Å². The molecule has 0 atom stereocenters.